The zero-order valence-corrected chi connectivity index (χ0v) is 19.4. The number of hydrogen-bond acceptors (Lipinski definition) is 5. The number of ether oxygens (including phenoxy) is 2. The Balaban J connectivity index is 0. The fourth-order valence-electron chi connectivity index (χ4n) is 2.86. The van der Waals surface area contributed by atoms with Gasteiger partial charge in [0.05, 0.1) is 13.7 Å². The molecule has 0 radical (unpaired) electrons. The average Bonchev–Trinajstić information content (AvgIpc) is 2.71. The van der Waals surface area contributed by atoms with Gasteiger partial charge in [0, 0.05) is 12.8 Å². The van der Waals surface area contributed by atoms with E-state index in [0.29, 0.717) is 19.4 Å². The lowest BCUT2D eigenvalue weighted by Gasteiger charge is -2.16. The maximum atomic E-state index is 11.4. The van der Waals surface area contributed by atoms with Crippen molar-refractivity contribution in [3.05, 3.63) is 0 Å². The van der Waals surface area contributed by atoms with Gasteiger partial charge in [-0.25, -0.2) is 0 Å². The SMILES string of the molecule is CC.CCCOC(=O)CCCCCCCN(C)CCCCCCCC(=O)OC. The molecule has 168 valence electrons. The van der Waals surface area contributed by atoms with E-state index in [1.807, 2.05) is 20.8 Å². The highest BCUT2D eigenvalue weighted by molar-refractivity contribution is 5.69. The molecule has 0 atom stereocenters. The molecule has 5 nitrogen and oxygen atoms in total. The maximum Gasteiger partial charge on any atom is 0.305 e. The van der Waals surface area contributed by atoms with Crippen molar-refractivity contribution in [2.45, 2.75) is 104 Å². The van der Waals surface area contributed by atoms with Crippen molar-refractivity contribution in [2.75, 3.05) is 33.9 Å². The van der Waals surface area contributed by atoms with Crippen LogP contribution in [0.5, 0.6) is 0 Å². The van der Waals surface area contributed by atoms with E-state index < -0.39 is 0 Å². The van der Waals surface area contributed by atoms with Crippen LogP contribution in [0.25, 0.3) is 0 Å². The summed E-state index contributed by atoms with van der Waals surface area (Å²) in [6.07, 6.45) is 13.5. The van der Waals surface area contributed by atoms with E-state index in [1.54, 1.807) is 0 Å². The number of hydrogen-bond donors (Lipinski definition) is 0. The number of carbonyl (C=O) groups excluding carboxylic acids is 2. The van der Waals surface area contributed by atoms with E-state index in [9.17, 15) is 9.59 Å². The van der Waals surface area contributed by atoms with E-state index in [0.717, 1.165) is 45.2 Å². The topological polar surface area (TPSA) is 55.8 Å². The monoisotopic (exact) mass is 401 g/mol. The molecule has 0 unspecified atom stereocenters. The van der Waals surface area contributed by atoms with Crippen molar-refractivity contribution in [1.29, 1.82) is 0 Å². The van der Waals surface area contributed by atoms with Gasteiger partial charge in [0.25, 0.3) is 0 Å². The minimum atomic E-state index is -0.0961. The van der Waals surface area contributed by atoms with Crippen molar-refractivity contribution >= 4 is 11.9 Å². The van der Waals surface area contributed by atoms with Gasteiger partial charge in [-0.2, -0.15) is 0 Å². The highest BCUT2D eigenvalue weighted by Gasteiger charge is 2.03. The third-order valence-electron chi connectivity index (χ3n) is 4.54. The van der Waals surface area contributed by atoms with Crippen LogP contribution < -0.4 is 0 Å². The maximum absolute atomic E-state index is 11.4. The minimum Gasteiger partial charge on any atom is -0.469 e. The van der Waals surface area contributed by atoms with Gasteiger partial charge in [-0.15, -0.1) is 0 Å². The molecule has 0 saturated heterocycles. The minimum absolute atomic E-state index is 0.0446. The number of carbonyl (C=O) groups is 2. The fourth-order valence-corrected chi connectivity index (χ4v) is 2.86. The molecular formula is C23H47NO4. The van der Waals surface area contributed by atoms with Crippen LogP contribution in [0, 0.1) is 0 Å². The van der Waals surface area contributed by atoms with Gasteiger partial charge in [-0.05, 0) is 52.2 Å². The van der Waals surface area contributed by atoms with Crippen molar-refractivity contribution in [2.24, 2.45) is 0 Å². The van der Waals surface area contributed by atoms with Crippen LogP contribution >= 0.6 is 0 Å². The summed E-state index contributed by atoms with van der Waals surface area (Å²) in [7, 11) is 3.64. The van der Waals surface area contributed by atoms with Gasteiger partial charge >= 0.3 is 11.9 Å². The highest BCUT2D eigenvalue weighted by atomic mass is 16.5. The Labute approximate surface area is 174 Å². The van der Waals surface area contributed by atoms with Gasteiger partial charge in [0.15, 0.2) is 0 Å². The molecule has 0 heterocycles. The summed E-state index contributed by atoms with van der Waals surface area (Å²) in [5, 5.41) is 0. The van der Waals surface area contributed by atoms with E-state index >= 15 is 0 Å². The van der Waals surface area contributed by atoms with Crippen LogP contribution in [-0.2, 0) is 19.1 Å². The summed E-state index contributed by atoms with van der Waals surface area (Å²) >= 11 is 0. The molecule has 0 aromatic rings. The molecule has 0 amide bonds. The summed E-state index contributed by atoms with van der Waals surface area (Å²) in [6, 6.07) is 0. The fraction of sp³-hybridized carbons (Fsp3) is 0.913. The van der Waals surface area contributed by atoms with Crippen LogP contribution in [0.15, 0.2) is 0 Å². The van der Waals surface area contributed by atoms with Crippen LogP contribution in [0.2, 0.25) is 0 Å². The molecule has 28 heavy (non-hydrogen) atoms. The van der Waals surface area contributed by atoms with E-state index in [1.165, 1.54) is 45.6 Å². The Morgan fingerprint density at radius 3 is 1.61 bits per heavy atom. The van der Waals surface area contributed by atoms with Crippen LogP contribution in [0.1, 0.15) is 104 Å². The molecule has 5 heteroatoms. The lowest BCUT2D eigenvalue weighted by molar-refractivity contribution is -0.144. The predicted molar refractivity (Wildman–Crippen MR) is 118 cm³/mol. The molecule has 0 bridgehead atoms. The Morgan fingerprint density at radius 2 is 1.14 bits per heavy atom. The molecule has 0 aromatic heterocycles. The first-order valence-electron chi connectivity index (χ1n) is 11.5. The number of nitrogens with zero attached hydrogens (tertiary/aromatic N) is 1. The number of unbranched alkanes of at least 4 members (excludes halogenated alkanes) is 8. The van der Waals surface area contributed by atoms with E-state index in [-0.39, 0.29) is 11.9 Å². The van der Waals surface area contributed by atoms with Crippen molar-refractivity contribution < 1.29 is 19.1 Å². The molecule has 0 spiro atoms. The lowest BCUT2D eigenvalue weighted by Crippen LogP contribution is -2.20. The molecule has 0 saturated carbocycles. The summed E-state index contributed by atoms with van der Waals surface area (Å²) < 4.78 is 9.70. The van der Waals surface area contributed by atoms with Gasteiger partial charge in [0.2, 0.25) is 0 Å². The van der Waals surface area contributed by atoms with Gasteiger partial charge in [0.1, 0.15) is 0 Å². The first-order valence-corrected chi connectivity index (χ1v) is 11.5. The zero-order chi connectivity index (χ0) is 21.5. The molecular weight excluding hydrogens is 354 g/mol. The molecule has 0 aromatic carbocycles. The van der Waals surface area contributed by atoms with Crippen molar-refractivity contribution in [1.82, 2.24) is 4.90 Å². The van der Waals surface area contributed by atoms with Crippen molar-refractivity contribution in [3.8, 4) is 0 Å². The Morgan fingerprint density at radius 1 is 0.714 bits per heavy atom. The molecule has 0 aliphatic carbocycles. The molecule has 0 aliphatic rings. The zero-order valence-electron chi connectivity index (χ0n) is 19.4. The van der Waals surface area contributed by atoms with Gasteiger partial charge < -0.3 is 14.4 Å². The summed E-state index contributed by atoms with van der Waals surface area (Å²) in [6.45, 7) is 8.87. The quantitative estimate of drug-likeness (QED) is 0.216. The highest BCUT2D eigenvalue weighted by Crippen LogP contribution is 2.09. The smallest absolute Gasteiger partial charge is 0.305 e. The first-order chi connectivity index (χ1) is 13.6. The summed E-state index contributed by atoms with van der Waals surface area (Å²) in [5.41, 5.74) is 0. The number of methoxy groups -OCH3 is 1. The standard InChI is InChI=1S/C21H41NO4.C2H6/c1-4-19-26-21(24)16-12-8-6-10-14-18-22(2)17-13-9-5-7-11-15-20(23)25-3;1-2/h4-19H2,1-3H3;1-2H3. The molecule has 0 rings (SSSR count). The van der Waals surface area contributed by atoms with Crippen LogP contribution in [-0.4, -0.2) is 50.7 Å². The summed E-state index contributed by atoms with van der Waals surface area (Å²) in [5.74, 6) is -0.141. The Kier molecular flexibility index (Phi) is 24.9. The first kappa shape index (κ1) is 29.1. The molecule has 0 aliphatic heterocycles. The van der Waals surface area contributed by atoms with E-state index in [2.05, 4.69) is 16.7 Å². The largest absolute Gasteiger partial charge is 0.469 e. The lowest BCUT2D eigenvalue weighted by atomic mass is 10.1. The normalized spacial score (nSPS) is 10.4. The third kappa shape index (κ3) is 22.9. The van der Waals surface area contributed by atoms with Crippen LogP contribution in [0.3, 0.4) is 0 Å². The number of rotatable bonds is 18. The second kappa shape index (κ2) is 23.9. The Hall–Kier alpha value is -1.10. The molecule has 0 N–H and O–H groups in total. The molecule has 0 fully saturated rings. The van der Waals surface area contributed by atoms with E-state index in [4.69, 9.17) is 4.74 Å². The second-order valence-electron chi connectivity index (χ2n) is 7.14. The average molecular weight is 402 g/mol. The van der Waals surface area contributed by atoms with Gasteiger partial charge in [-0.1, -0.05) is 59.3 Å². The Bertz CT molecular complexity index is 347. The van der Waals surface area contributed by atoms with Crippen molar-refractivity contribution in [3.63, 3.8) is 0 Å². The van der Waals surface area contributed by atoms with Gasteiger partial charge in [-0.3, -0.25) is 9.59 Å². The number of esters is 2. The summed E-state index contributed by atoms with van der Waals surface area (Å²) in [4.78, 5) is 24.8. The predicted octanol–water partition coefficient (Wildman–Crippen LogP) is 5.75. The second-order valence-corrected chi connectivity index (χ2v) is 7.14. The van der Waals surface area contributed by atoms with Crippen LogP contribution in [0.4, 0.5) is 0 Å². The third-order valence-corrected chi connectivity index (χ3v) is 4.54.